The molecule has 0 radical (unpaired) electrons. The lowest BCUT2D eigenvalue weighted by atomic mass is 9.89. The number of rotatable bonds is 4. The van der Waals surface area contributed by atoms with Crippen LogP contribution < -0.4 is 5.73 Å². The minimum atomic E-state index is 0.204. The predicted molar refractivity (Wildman–Crippen MR) is 59.4 cm³/mol. The van der Waals surface area contributed by atoms with Crippen molar-refractivity contribution in [1.29, 1.82) is 0 Å². The average molecular weight is 193 g/mol. The second-order valence-corrected chi connectivity index (χ2v) is 3.75. The third-order valence-electron chi connectivity index (χ3n) is 2.71. The van der Waals surface area contributed by atoms with Crippen molar-refractivity contribution >= 4 is 0 Å². The van der Waals surface area contributed by atoms with E-state index in [0.29, 0.717) is 12.5 Å². The zero-order valence-electron chi connectivity index (χ0n) is 8.96. The smallest absolute Gasteiger partial charge is 0.0437 e. The Morgan fingerprint density at radius 3 is 2.29 bits per heavy atom. The Bertz CT molecular complexity index is 276. The number of hydrogen-bond acceptors (Lipinski definition) is 2. The van der Waals surface area contributed by atoms with Crippen LogP contribution in [0, 0.1) is 13.8 Å². The second kappa shape index (κ2) is 5.13. The molecule has 0 saturated carbocycles. The van der Waals surface area contributed by atoms with Crippen LogP contribution in [0.4, 0.5) is 0 Å². The fourth-order valence-corrected chi connectivity index (χ4v) is 2.01. The molecule has 3 N–H and O–H groups in total. The summed E-state index contributed by atoms with van der Waals surface area (Å²) in [5.74, 6) is 0.293. The Morgan fingerprint density at radius 2 is 1.86 bits per heavy atom. The van der Waals surface area contributed by atoms with E-state index in [9.17, 15) is 0 Å². The van der Waals surface area contributed by atoms with Crippen LogP contribution in [0.1, 0.15) is 29.0 Å². The molecule has 0 aliphatic heterocycles. The first-order chi connectivity index (χ1) is 6.70. The minimum Gasteiger partial charge on any atom is -0.396 e. The first-order valence-corrected chi connectivity index (χ1v) is 5.07. The summed E-state index contributed by atoms with van der Waals surface area (Å²) in [6, 6.07) is 6.26. The highest BCUT2D eigenvalue weighted by atomic mass is 16.3. The maximum absolute atomic E-state index is 8.96. The summed E-state index contributed by atoms with van der Waals surface area (Å²) in [4.78, 5) is 0. The van der Waals surface area contributed by atoms with Gasteiger partial charge in [-0.2, -0.15) is 0 Å². The van der Waals surface area contributed by atoms with Gasteiger partial charge in [0.25, 0.3) is 0 Å². The highest BCUT2D eigenvalue weighted by Crippen LogP contribution is 2.25. The quantitative estimate of drug-likeness (QED) is 0.765. The molecule has 0 amide bonds. The van der Waals surface area contributed by atoms with Crippen LogP contribution in [-0.4, -0.2) is 18.3 Å². The summed E-state index contributed by atoms with van der Waals surface area (Å²) in [7, 11) is 0. The van der Waals surface area contributed by atoms with Crippen LogP contribution in [0.5, 0.6) is 0 Å². The summed E-state index contributed by atoms with van der Waals surface area (Å²) >= 11 is 0. The maximum Gasteiger partial charge on any atom is 0.0437 e. The monoisotopic (exact) mass is 193 g/mol. The lowest BCUT2D eigenvalue weighted by Gasteiger charge is -2.19. The Balaban J connectivity index is 3.02. The van der Waals surface area contributed by atoms with Crippen LogP contribution >= 0.6 is 0 Å². The third-order valence-corrected chi connectivity index (χ3v) is 2.71. The Hall–Kier alpha value is -0.860. The molecule has 2 nitrogen and oxygen atoms in total. The van der Waals surface area contributed by atoms with E-state index in [2.05, 4.69) is 32.0 Å². The molecule has 0 aromatic heterocycles. The highest BCUT2D eigenvalue weighted by Gasteiger charge is 2.13. The molecule has 1 aromatic rings. The molecule has 0 spiro atoms. The lowest BCUT2D eigenvalue weighted by Crippen LogP contribution is -2.16. The van der Waals surface area contributed by atoms with Crippen LogP contribution in [0.25, 0.3) is 0 Å². The van der Waals surface area contributed by atoms with Gasteiger partial charge in [-0.05, 0) is 49.4 Å². The van der Waals surface area contributed by atoms with Crippen molar-refractivity contribution in [3.8, 4) is 0 Å². The van der Waals surface area contributed by atoms with Gasteiger partial charge >= 0.3 is 0 Å². The number of aryl methyl sites for hydroxylation is 2. The Labute approximate surface area is 85.8 Å². The van der Waals surface area contributed by atoms with Gasteiger partial charge in [-0.1, -0.05) is 18.2 Å². The van der Waals surface area contributed by atoms with Crippen molar-refractivity contribution in [3.05, 3.63) is 34.9 Å². The fraction of sp³-hybridized carbons (Fsp3) is 0.500. The number of aliphatic hydroxyl groups excluding tert-OH is 1. The predicted octanol–water partition coefficient (Wildman–Crippen LogP) is 1.73. The SMILES string of the molecule is Cc1cccc(C)c1C(CN)CCO. The summed E-state index contributed by atoms with van der Waals surface area (Å²) in [5, 5.41) is 8.96. The molecular formula is C12H19NO. The molecule has 14 heavy (non-hydrogen) atoms. The van der Waals surface area contributed by atoms with Crippen LogP contribution in [0.2, 0.25) is 0 Å². The van der Waals surface area contributed by atoms with Gasteiger partial charge in [0.1, 0.15) is 0 Å². The third kappa shape index (κ3) is 2.34. The van der Waals surface area contributed by atoms with Gasteiger partial charge in [-0.15, -0.1) is 0 Å². The van der Waals surface area contributed by atoms with Crippen molar-refractivity contribution < 1.29 is 5.11 Å². The highest BCUT2D eigenvalue weighted by molar-refractivity contribution is 5.36. The molecule has 0 aliphatic carbocycles. The van der Waals surface area contributed by atoms with E-state index < -0.39 is 0 Å². The Morgan fingerprint density at radius 1 is 1.29 bits per heavy atom. The molecular weight excluding hydrogens is 174 g/mol. The molecule has 1 unspecified atom stereocenters. The summed E-state index contributed by atoms with van der Waals surface area (Å²) in [6.45, 7) is 5.01. The van der Waals surface area contributed by atoms with E-state index in [1.807, 2.05) is 0 Å². The molecule has 2 heteroatoms. The van der Waals surface area contributed by atoms with Gasteiger partial charge in [0.2, 0.25) is 0 Å². The number of nitrogens with two attached hydrogens (primary N) is 1. The second-order valence-electron chi connectivity index (χ2n) is 3.75. The molecule has 1 atom stereocenters. The minimum absolute atomic E-state index is 0.204. The number of hydrogen-bond donors (Lipinski definition) is 2. The number of benzene rings is 1. The van der Waals surface area contributed by atoms with Gasteiger partial charge in [0.15, 0.2) is 0 Å². The largest absolute Gasteiger partial charge is 0.396 e. The van der Waals surface area contributed by atoms with Crippen molar-refractivity contribution in [1.82, 2.24) is 0 Å². The van der Waals surface area contributed by atoms with Crippen LogP contribution in [0.15, 0.2) is 18.2 Å². The van der Waals surface area contributed by atoms with E-state index in [1.165, 1.54) is 16.7 Å². The zero-order chi connectivity index (χ0) is 10.6. The van der Waals surface area contributed by atoms with Gasteiger partial charge < -0.3 is 10.8 Å². The van der Waals surface area contributed by atoms with Crippen molar-refractivity contribution in [2.75, 3.05) is 13.2 Å². The summed E-state index contributed by atoms with van der Waals surface area (Å²) in [5.41, 5.74) is 9.57. The van der Waals surface area contributed by atoms with Crippen LogP contribution in [0.3, 0.4) is 0 Å². The van der Waals surface area contributed by atoms with E-state index in [0.717, 1.165) is 6.42 Å². The molecule has 1 aromatic carbocycles. The average Bonchev–Trinajstić information content (AvgIpc) is 2.16. The fourth-order valence-electron chi connectivity index (χ4n) is 2.01. The standard InChI is InChI=1S/C12H19NO/c1-9-4-3-5-10(2)12(9)11(8-13)6-7-14/h3-5,11,14H,6-8,13H2,1-2H3. The molecule has 1 rings (SSSR count). The molecule has 0 saturated heterocycles. The van der Waals surface area contributed by atoms with Crippen molar-refractivity contribution in [2.45, 2.75) is 26.2 Å². The zero-order valence-corrected chi connectivity index (χ0v) is 8.96. The van der Waals surface area contributed by atoms with Gasteiger partial charge in [-0.3, -0.25) is 0 Å². The normalized spacial score (nSPS) is 12.9. The Kier molecular flexibility index (Phi) is 4.11. The van der Waals surface area contributed by atoms with Gasteiger partial charge in [-0.25, -0.2) is 0 Å². The molecule has 0 aliphatic rings. The maximum atomic E-state index is 8.96. The van der Waals surface area contributed by atoms with E-state index in [-0.39, 0.29) is 6.61 Å². The van der Waals surface area contributed by atoms with Crippen molar-refractivity contribution in [2.24, 2.45) is 5.73 Å². The molecule has 0 bridgehead atoms. The first-order valence-electron chi connectivity index (χ1n) is 5.07. The first kappa shape index (κ1) is 11.2. The number of aliphatic hydroxyl groups is 1. The van der Waals surface area contributed by atoms with Gasteiger partial charge in [0.05, 0.1) is 0 Å². The van der Waals surface area contributed by atoms with Gasteiger partial charge in [0, 0.05) is 6.61 Å². The lowest BCUT2D eigenvalue weighted by molar-refractivity contribution is 0.276. The molecule has 78 valence electrons. The molecule has 0 heterocycles. The van der Waals surface area contributed by atoms with E-state index in [4.69, 9.17) is 10.8 Å². The topological polar surface area (TPSA) is 46.2 Å². The molecule has 0 fully saturated rings. The van der Waals surface area contributed by atoms with Crippen LogP contribution in [-0.2, 0) is 0 Å². The summed E-state index contributed by atoms with van der Waals surface area (Å²) < 4.78 is 0. The van der Waals surface area contributed by atoms with E-state index >= 15 is 0 Å². The summed E-state index contributed by atoms with van der Waals surface area (Å²) in [6.07, 6.45) is 0.752. The van der Waals surface area contributed by atoms with E-state index in [1.54, 1.807) is 0 Å². The van der Waals surface area contributed by atoms with Crippen molar-refractivity contribution in [3.63, 3.8) is 0 Å².